The number of hydrogen-bond donors (Lipinski definition) is 1. The van der Waals surface area contributed by atoms with Gasteiger partial charge in [0, 0.05) is 11.1 Å². The Hall–Kier alpha value is -2.13. The summed E-state index contributed by atoms with van der Waals surface area (Å²) in [5.41, 5.74) is 1.70. The van der Waals surface area contributed by atoms with Crippen LogP contribution in [0.1, 0.15) is 24.1 Å². The Morgan fingerprint density at radius 2 is 1.95 bits per heavy atom. The van der Waals surface area contributed by atoms with Gasteiger partial charge in [-0.1, -0.05) is 35.9 Å². The SMILES string of the molecule is C[C@@H](NC(=O)/C=C/c1ccc(F)cc1)c1cccc(Cl)c1. The van der Waals surface area contributed by atoms with Gasteiger partial charge in [0.05, 0.1) is 6.04 Å². The van der Waals surface area contributed by atoms with E-state index in [1.165, 1.54) is 18.2 Å². The van der Waals surface area contributed by atoms with Crippen molar-refractivity contribution in [1.82, 2.24) is 5.32 Å². The minimum absolute atomic E-state index is 0.144. The molecule has 0 aliphatic heterocycles. The molecular weight excluding hydrogens is 289 g/mol. The van der Waals surface area contributed by atoms with Crippen LogP contribution < -0.4 is 5.32 Å². The lowest BCUT2D eigenvalue weighted by Gasteiger charge is -2.13. The van der Waals surface area contributed by atoms with Gasteiger partial charge in [0.1, 0.15) is 5.82 Å². The van der Waals surface area contributed by atoms with E-state index in [9.17, 15) is 9.18 Å². The molecule has 0 heterocycles. The summed E-state index contributed by atoms with van der Waals surface area (Å²) in [6.45, 7) is 1.88. The van der Waals surface area contributed by atoms with Crippen LogP contribution in [0.5, 0.6) is 0 Å². The Balaban J connectivity index is 1.96. The van der Waals surface area contributed by atoms with Crippen LogP contribution in [-0.4, -0.2) is 5.91 Å². The van der Waals surface area contributed by atoms with E-state index in [2.05, 4.69) is 5.32 Å². The highest BCUT2D eigenvalue weighted by Crippen LogP contribution is 2.17. The van der Waals surface area contributed by atoms with Crippen LogP contribution >= 0.6 is 11.6 Å². The van der Waals surface area contributed by atoms with Gasteiger partial charge in [0.2, 0.25) is 5.91 Å². The first-order chi connectivity index (χ1) is 10.0. The molecule has 21 heavy (non-hydrogen) atoms. The van der Waals surface area contributed by atoms with E-state index in [0.717, 1.165) is 11.1 Å². The average Bonchev–Trinajstić information content (AvgIpc) is 2.46. The zero-order valence-corrected chi connectivity index (χ0v) is 12.3. The van der Waals surface area contributed by atoms with Crippen LogP contribution in [-0.2, 0) is 4.79 Å². The largest absolute Gasteiger partial charge is 0.346 e. The molecule has 0 radical (unpaired) electrons. The third kappa shape index (κ3) is 4.72. The molecule has 0 saturated carbocycles. The Morgan fingerprint density at radius 1 is 1.24 bits per heavy atom. The molecule has 2 nitrogen and oxygen atoms in total. The maximum absolute atomic E-state index is 12.8. The van der Waals surface area contributed by atoms with E-state index in [0.29, 0.717) is 5.02 Å². The van der Waals surface area contributed by atoms with E-state index in [1.807, 2.05) is 25.1 Å². The highest BCUT2D eigenvalue weighted by atomic mass is 35.5. The van der Waals surface area contributed by atoms with Crippen molar-refractivity contribution in [2.24, 2.45) is 0 Å². The zero-order valence-electron chi connectivity index (χ0n) is 11.5. The van der Waals surface area contributed by atoms with Gasteiger partial charge >= 0.3 is 0 Å². The molecule has 0 fully saturated rings. The highest BCUT2D eigenvalue weighted by molar-refractivity contribution is 6.30. The van der Waals surface area contributed by atoms with Crippen molar-refractivity contribution < 1.29 is 9.18 Å². The molecule has 2 aromatic rings. The average molecular weight is 304 g/mol. The van der Waals surface area contributed by atoms with Crippen molar-refractivity contribution >= 4 is 23.6 Å². The fraction of sp³-hybridized carbons (Fsp3) is 0.118. The lowest BCUT2D eigenvalue weighted by Crippen LogP contribution is -2.24. The van der Waals surface area contributed by atoms with Gasteiger partial charge in [-0.15, -0.1) is 0 Å². The molecule has 4 heteroatoms. The number of benzene rings is 2. The van der Waals surface area contributed by atoms with Crippen molar-refractivity contribution in [3.8, 4) is 0 Å². The first kappa shape index (κ1) is 15.3. The van der Waals surface area contributed by atoms with E-state index in [-0.39, 0.29) is 17.8 Å². The third-order valence-electron chi connectivity index (χ3n) is 3.00. The first-order valence-corrected chi connectivity index (χ1v) is 6.92. The summed E-state index contributed by atoms with van der Waals surface area (Å²) in [4.78, 5) is 11.8. The van der Waals surface area contributed by atoms with Crippen LogP contribution in [0.3, 0.4) is 0 Å². The molecule has 1 atom stereocenters. The normalized spacial score (nSPS) is 12.3. The molecule has 0 saturated heterocycles. The monoisotopic (exact) mass is 303 g/mol. The highest BCUT2D eigenvalue weighted by Gasteiger charge is 2.07. The van der Waals surface area contributed by atoms with E-state index in [4.69, 9.17) is 11.6 Å². The summed E-state index contributed by atoms with van der Waals surface area (Å²) in [6.07, 6.45) is 3.06. The molecule has 0 unspecified atom stereocenters. The van der Waals surface area contributed by atoms with Crippen molar-refractivity contribution in [3.63, 3.8) is 0 Å². The summed E-state index contributed by atoms with van der Waals surface area (Å²) in [5.74, 6) is -0.516. The fourth-order valence-electron chi connectivity index (χ4n) is 1.87. The second kappa shape index (κ2) is 7.04. The fourth-order valence-corrected chi connectivity index (χ4v) is 2.07. The van der Waals surface area contributed by atoms with Crippen molar-refractivity contribution in [3.05, 3.63) is 76.6 Å². The first-order valence-electron chi connectivity index (χ1n) is 6.54. The maximum Gasteiger partial charge on any atom is 0.244 e. The van der Waals surface area contributed by atoms with Gasteiger partial charge < -0.3 is 5.32 Å². The van der Waals surface area contributed by atoms with Crippen molar-refractivity contribution in [1.29, 1.82) is 0 Å². The van der Waals surface area contributed by atoms with Gasteiger partial charge in [-0.25, -0.2) is 4.39 Å². The minimum atomic E-state index is -0.300. The lowest BCUT2D eigenvalue weighted by molar-refractivity contribution is -0.117. The summed E-state index contributed by atoms with van der Waals surface area (Å²) >= 11 is 5.92. The Labute approximate surface area is 128 Å². The molecule has 1 amide bonds. The Kier molecular flexibility index (Phi) is 5.12. The van der Waals surface area contributed by atoms with Crippen molar-refractivity contribution in [2.45, 2.75) is 13.0 Å². The van der Waals surface area contributed by atoms with E-state index >= 15 is 0 Å². The summed E-state index contributed by atoms with van der Waals surface area (Å²) < 4.78 is 12.8. The maximum atomic E-state index is 12.8. The predicted octanol–water partition coefficient (Wildman–Crippen LogP) is 4.37. The van der Waals surface area contributed by atoms with Gasteiger partial charge in [-0.2, -0.15) is 0 Å². The molecule has 0 spiro atoms. The molecule has 0 aliphatic carbocycles. The Morgan fingerprint density at radius 3 is 2.62 bits per heavy atom. The van der Waals surface area contributed by atoms with Crippen LogP contribution in [0.25, 0.3) is 6.08 Å². The molecule has 0 aliphatic rings. The standard InChI is InChI=1S/C17H15ClFNO/c1-12(14-3-2-4-15(18)11-14)20-17(21)10-7-13-5-8-16(19)9-6-13/h2-12H,1H3,(H,20,21)/b10-7+/t12-/m1/s1. The predicted molar refractivity (Wildman–Crippen MR) is 83.4 cm³/mol. The number of carbonyl (C=O) groups excluding carboxylic acids is 1. The zero-order chi connectivity index (χ0) is 15.2. The second-order valence-electron chi connectivity index (χ2n) is 4.67. The summed E-state index contributed by atoms with van der Waals surface area (Å²) in [6, 6.07) is 13.1. The number of carbonyl (C=O) groups is 1. The molecule has 1 N–H and O–H groups in total. The van der Waals surface area contributed by atoms with Gasteiger partial charge in [0.15, 0.2) is 0 Å². The summed E-state index contributed by atoms with van der Waals surface area (Å²) in [5, 5.41) is 3.48. The van der Waals surface area contributed by atoms with E-state index in [1.54, 1.807) is 24.3 Å². The Bertz CT molecular complexity index is 652. The van der Waals surface area contributed by atoms with Crippen LogP contribution in [0.2, 0.25) is 5.02 Å². The smallest absolute Gasteiger partial charge is 0.244 e. The van der Waals surface area contributed by atoms with Gasteiger partial charge in [-0.05, 0) is 48.4 Å². The number of nitrogens with one attached hydrogen (secondary N) is 1. The quantitative estimate of drug-likeness (QED) is 0.835. The number of amides is 1. The number of rotatable bonds is 4. The molecule has 0 aromatic heterocycles. The third-order valence-corrected chi connectivity index (χ3v) is 3.24. The van der Waals surface area contributed by atoms with Gasteiger partial charge in [0.25, 0.3) is 0 Å². The topological polar surface area (TPSA) is 29.1 Å². The van der Waals surface area contributed by atoms with Crippen LogP contribution in [0, 0.1) is 5.82 Å². The minimum Gasteiger partial charge on any atom is -0.346 e. The number of halogens is 2. The van der Waals surface area contributed by atoms with Gasteiger partial charge in [-0.3, -0.25) is 4.79 Å². The molecule has 108 valence electrons. The molecule has 2 rings (SSSR count). The summed E-state index contributed by atoms with van der Waals surface area (Å²) in [7, 11) is 0. The molecular formula is C17H15ClFNO. The number of hydrogen-bond acceptors (Lipinski definition) is 1. The lowest BCUT2D eigenvalue weighted by atomic mass is 10.1. The van der Waals surface area contributed by atoms with Crippen molar-refractivity contribution in [2.75, 3.05) is 0 Å². The molecule has 0 bridgehead atoms. The van der Waals surface area contributed by atoms with Crippen LogP contribution in [0.4, 0.5) is 4.39 Å². The second-order valence-corrected chi connectivity index (χ2v) is 5.11. The van der Waals surface area contributed by atoms with Crippen LogP contribution in [0.15, 0.2) is 54.6 Å². The molecule has 2 aromatic carbocycles. The van der Waals surface area contributed by atoms with E-state index < -0.39 is 0 Å².